The van der Waals surface area contributed by atoms with Gasteiger partial charge in [-0.15, -0.1) is 0 Å². The van der Waals surface area contributed by atoms with Crippen molar-refractivity contribution >= 4 is 21.4 Å². The average molecular weight is 334 g/mol. The van der Waals surface area contributed by atoms with E-state index >= 15 is 0 Å². The molecule has 0 saturated heterocycles. The molecular weight excluding hydrogens is 312 g/mol. The summed E-state index contributed by atoms with van der Waals surface area (Å²) in [6.45, 7) is 6.30. The van der Waals surface area contributed by atoms with Gasteiger partial charge in [0.25, 0.3) is 10.0 Å². The third-order valence-corrected chi connectivity index (χ3v) is 4.96. The lowest BCUT2D eigenvalue weighted by molar-refractivity contribution is 0.414. The standard InChI is InChI=1S/C17H22N2O3S/c1-17(2,3)12-5-7-13(8-6-12)19-23(20,21)16-10-9-14(22-4)11-15(16)18/h5-11,19H,18H2,1-4H3. The molecule has 0 radical (unpaired) electrons. The van der Waals surface area contributed by atoms with Crippen LogP contribution < -0.4 is 15.2 Å². The number of nitrogens with two attached hydrogens (primary N) is 1. The zero-order chi connectivity index (χ0) is 17.3. The molecule has 0 aliphatic heterocycles. The molecule has 0 aliphatic rings. The summed E-state index contributed by atoms with van der Waals surface area (Å²) in [5, 5.41) is 0. The van der Waals surface area contributed by atoms with Crippen LogP contribution in [0.1, 0.15) is 26.3 Å². The largest absolute Gasteiger partial charge is 0.497 e. The lowest BCUT2D eigenvalue weighted by Gasteiger charge is -2.19. The van der Waals surface area contributed by atoms with E-state index in [2.05, 4.69) is 25.5 Å². The van der Waals surface area contributed by atoms with Crippen molar-refractivity contribution in [3.8, 4) is 5.75 Å². The molecule has 0 fully saturated rings. The van der Waals surface area contributed by atoms with Gasteiger partial charge in [-0.05, 0) is 35.2 Å². The number of hydrogen-bond donors (Lipinski definition) is 2. The Morgan fingerprint density at radius 2 is 1.65 bits per heavy atom. The summed E-state index contributed by atoms with van der Waals surface area (Å²) >= 11 is 0. The fraction of sp³-hybridized carbons (Fsp3) is 0.294. The van der Waals surface area contributed by atoms with Gasteiger partial charge in [0, 0.05) is 11.8 Å². The highest BCUT2D eigenvalue weighted by Gasteiger charge is 2.19. The smallest absolute Gasteiger partial charge is 0.263 e. The third-order valence-electron chi connectivity index (χ3n) is 3.51. The first-order valence-electron chi connectivity index (χ1n) is 7.20. The molecule has 6 heteroatoms. The Bertz CT molecular complexity index is 792. The van der Waals surface area contributed by atoms with Gasteiger partial charge < -0.3 is 10.5 Å². The molecule has 0 amide bonds. The summed E-state index contributed by atoms with van der Waals surface area (Å²) < 4.78 is 32.5. The molecule has 0 heterocycles. The number of anilines is 2. The van der Waals surface area contributed by atoms with Crippen LogP contribution >= 0.6 is 0 Å². The van der Waals surface area contributed by atoms with Crippen molar-refractivity contribution in [1.29, 1.82) is 0 Å². The van der Waals surface area contributed by atoms with E-state index < -0.39 is 10.0 Å². The van der Waals surface area contributed by atoms with Gasteiger partial charge in [-0.3, -0.25) is 4.72 Å². The Balaban J connectivity index is 2.28. The monoisotopic (exact) mass is 334 g/mol. The molecule has 23 heavy (non-hydrogen) atoms. The van der Waals surface area contributed by atoms with E-state index in [0.29, 0.717) is 11.4 Å². The maximum Gasteiger partial charge on any atom is 0.263 e. The first-order valence-corrected chi connectivity index (χ1v) is 8.69. The number of sulfonamides is 1. The zero-order valence-electron chi connectivity index (χ0n) is 13.8. The highest BCUT2D eigenvalue weighted by Crippen LogP contribution is 2.27. The maximum atomic E-state index is 12.5. The Morgan fingerprint density at radius 3 is 2.13 bits per heavy atom. The third kappa shape index (κ3) is 3.96. The molecule has 2 aromatic rings. The molecule has 3 N–H and O–H groups in total. The number of benzene rings is 2. The Labute approximate surface area is 137 Å². The number of ether oxygens (including phenoxy) is 1. The van der Waals surface area contributed by atoms with E-state index in [1.54, 1.807) is 18.2 Å². The van der Waals surface area contributed by atoms with Crippen LogP contribution in [-0.2, 0) is 15.4 Å². The second-order valence-corrected chi connectivity index (χ2v) is 7.99. The topological polar surface area (TPSA) is 81.4 Å². The average Bonchev–Trinajstić information content (AvgIpc) is 2.46. The van der Waals surface area contributed by atoms with E-state index in [1.165, 1.54) is 19.2 Å². The summed E-state index contributed by atoms with van der Waals surface area (Å²) in [5.74, 6) is 0.510. The predicted octanol–water partition coefficient (Wildman–Crippen LogP) is 3.38. The van der Waals surface area contributed by atoms with Gasteiger partial charge in [0.2, 0.25) is 0 Å². The highest BCUT2D eigenvalue weighted by atomic mass is 32.2. The van der Waals surface area contributed by atoms with Gasteiger partial charge in [-0.25, -0.2) is 8.42 Å². The van der Waals surface area contributed by atoms with Gasteiger partial charge in [0.1, 0.15) is 10.6 Å². The van der Waals surface area contributed by atoms with Crippen molar-refractivity contribution in [3.05, 3.63) is 48.0 Å². The Morgan fingerprint density at radius 1 is 1.04 bits per heavy atom. The van der Waals surface area contributed by atoms with Gasteiger partial charge in [0.15, 0.2) is 0 Å². The van der Waals surface area contributed by atoms with Gasteiger partial charge in [-0.1, -0.05) is 32.9 Å². The van der Waals surface area contributed by atoms with Crippen LogP contribution in [0.2, 0.25) is 0 Å². The number of hydrogen-bond acceptors (Lipinski definition) is 4. The Kier molecular flexibility index (Phi) is 4.56. The maximum absolute atomic E-state index is 12.5. The summed E-state index contributed by atoms with van der Waals surface area (Å²) in [6.07, 6.45) is 0. The quantitative estimate of drug-likeness (QED) is 0.840. The highest BCUT2D eigenvalue weighted by molar-refractivity contribution is 7.92. The molecule has 0 unspecified atom stereocenters. The molecule has 0 aromatic heterocycles. The lowest BCUT2D eigenvalue weighted by atomic mass is 9.87. The minimum absolute atomic E-state index is 0.0117. The SMILES string of the molecule is COc1ccc(S(=O)(=O)Nc2ccc(C(C)(C)C)cc2)c(N)c1. The molecular formula is C17H22N2O3S. The van der Waals surface area contributed by atoms with Crippen LogP contribution in [0.5, 0.6) is 5.75 Å². The van der Waals surface area contributed by atoms with Crippen LogP contribution in [-0.4, -0.2) is 15.5 Å². The zero-order valence-corrected chi connectivity index (χ0v) is 14.6. The number of nitrogen functional groups attached to an aromatic ring is 1. The van der Waals surface area contributed by atoms with Crippen molar-refractivity contribution in [1.82, 2.24) is 0 Å². The molecule has 5 nitrogen and oxygen atoms in total. The van der Waals surface area contributed by atoms with E-state index in [0.717, 1.165) is 5.56 Å². The molecule has 2 rings (SSSR count). The van der Waals surface area contributed by atoms with Crippen molar-refractivity contribution < 1.29 is 13.2 Å². The fourth-order valence-corrected chi connectivity index (χ4v) is 3.32. The van der Waals surface area contributed by atoms with Crippen molar-refractivity contribution in [2.45, 2.75) is 31.1 Å². The normalized spacial score (nSPS) is 12.0. The molecule has 2 aromatic carbocycles. The molecule has 0 atom stereocenters. The first-order chi connectivity index (χ1) is 10.6. The number of nitrogens with one attached hydrogen (secondary N) is 1. The number of rotatable bonds is 4. The first kappa shape index (κ1) is 17.1. The predicted molar refractivity (Wildman–Crippen MR) is 93.4 cm³/mol. The Hall–Kier alpha value is -2.21. The van der Waals surface area contributed by atoms with Gasteiger partial charge >= 0.3 is 0 Å². The molecule has 0 aliphatic carbocycles. The van der Waals surface area contributed by atoms with Crippen LogP contribution in [0.3, 0.4) is 0 Å². The molecule has 0 saturated carbocycles. The van der Waals surface area contributed by atoms with Gasteiger partial charge in [0.05, 0.1) is 12.8 Å². The minimum atomic E-state index is -3.75. The van der Waals surface area contributed by atoms with Crippen LogP contribution in [0.4, 0.5) is 11.4 Å². The summed E-state index contributed by atoms with van der Waals surface area (Å²) in [6, 6.07) is 11.8. The van der Waals surface area contributed by atoms with Crippen molar-refractivity contribution in [3.63, 3.8) is 0 Å². The fourth-order valence-electron chi connectivity index (χ4n) is 2.15. The van der Waals surface area contributed by atoms with E-state index in [9.17, 15) is 8.42 Å². The molecule has 0 spiro atoms. The van der Waals surface area contributed by atoms with Crippen LogP contribution in [0.15, 0.2) is 47.4 Å². The minimum Gasteiger partial charge on any atom is -0.497 e. The van der Waals surface area contributed by atoms with E-state index in [4.69, 9.17) is 10.5 Å². The van der Waals surface area contributed by atoms with Gasteiger partial charge in [-0.2, -0.15) is 0 Å². The summed E-state index contributed by atoms with van der Waals surface area (Å²) in [5.41, 5.74) is 7.60. The second kappa shape index (κ2) is 6.12. The van der Waals surface area contributed by atoms with Crippen LogP contribution in [0, 0.1) is 0 Å². The van der Waals surface area contributed by atoms with E-state index in [-0.39, 0.29) is 16.0 Å². The second-order valence-electron chi connectivity index (χ2n) is 6.34. The lowest BCUT2D eigenvalue weighted by Crippen LogP contribution is -2.15. The number of methoxy groups -OCH3 is 1. The van der Waals surface area contributed by atoms with Crippen molar-refractivity contribution in [2.75, 3.05) is 17.6 Å². The molecule has 0 bridgehead atoms. The summed E-state index contributed by atoms with van der Waals surface area (Å²) in [4.78, 5) is 0.0261. The molecule has 124 valence electrons. The summed E-state index contributed by atoms with van der Waals surface area (Å²) in [7, 11) is -2.25. The van der Waals surface area contributed by atoms with Crippen molar-refractivity contribution in [2.24, 2.45) is 0 Å². The van der Waals surface area contributed by atoms with E-state index in [1.807, 2.05) is 12.1 Å². The van der Waals surface area contributed by atoms with Crippen LogP contribution in [0.25, 0.3) is 0 Å².